The van der Waals surface area contributed by atoms with Gasteiger partial charge in [-0.3, -0.25) is 0 Å². The second-order valence-corrected chi connectivity index (χ2v) is 4.07. The van der Waals surface area contributed by atoms with E-state index < -0.39 is 0 Å². The molecule has 0 saturated carbocycles. The molecule has 0 atom stereocenters. The van der Waals surface area contributed by atoms with E-state index >= 15 is 0 Å². The fourth-order valence-corrected chi connectivity index (χ4v) is 2.07. The predicted molar refractivity (Wildman–Crippen MR) is 54.3 cm³/mol. The molecule has 2 nitrogen and oxygen atoms in total. The summed E-state index contributed by atoms with van der Waals surface area (Å²) >= 11 is 1.38. The molecule has 0 aliphatic carbocycles. The molecule has 1 heterocycles. The highest BCUT2D eigenvalue weighted by molar-refractivity contribution is 7.94. The van der Waals surface area contributed by atoms with Crippen molar-refractivity contribution in [1.29, 1.82) is 0 Å². The van der Waals surface area contributed by atoms with Gasteiger partial charge in [0, 0.05) is 24.0 Å². The van der Waals surface area contributed by atoms with Crippen molar-refractivity contribution in [3.8, 4) is 0 Å². The normalized spacial score (nSPS) is 10.8. The minimum absolute atomic E-state index is 0.455. The molecular formula is C10H15NOS. The van der Waals surface area contributed by atoms with Gasteiger partial charge >= 0.3 is 0 Å². The van der Waals surface area contributed by atoms with Crippen LogP contribution in [-0.4, -0.2) is 7.11 Å². The van der Waals surface area contributed by atoms with Crippen molar-refractivity contribution >= 4 is 12.0 Å². The first-order chi connectivity index (χ1) is 6.16. The zero-order valence-electron chi connectivity index (χ0n) is 8.28. The Balaban J connectivity index is 3.10. The highest BCUT2D eigenvalue weighted by Gasteiger charge is 2.10. The van der Waals surface area contributed by atoms with Crippen LogP contribution >= 0.6 is 12.0 Å². The highest BCUT2D eigenvalue weighted by atomic mass is 32.2. The van der Waals surface area contributed by atoms with E-state index in [9.17, 15) is 0 Å². The van der Waals surface area contributed by atoms with Crippen molar-refractivity contribution in [1.82, 2.24) is 0 Å². The summed E-state index contributed by atoms with van der Waals surface area (Å²) in [6, 6.07) is 4.02. The SMILES string of the molecule is [CH2-][n+]1cccc(SOC)c1C(C)C. The molecule has 72 valence electrons. The van der Waals surface area contributed by atoms with Crippen LogP contribution in [0.2, 0.25) is 0 Å². The molecule has 0 saturated heterocycles. The van der Waals surface area contributed by atoms with E-state index in [1.807, 2.05) is 22.9 Å². The van der Waals surface area contributed by atoms with Gasteiger partial charge in [-0.25, -0.2) is 0 Å². The summed E-state index contributed by atoms with van der Waals surface area (Å²) in [6.45, 7) is 4.30. The first-order valence-corrected chi connectivity index (χ1v) is 4.97. The summed E-state index contributed by atoms with van der Waals surface area (Å²) in [7, 11) is 5.61. The van der Waals surface area contributed by atoms with Crippen molar-refractivity contribution in [2.45, 2.75) is 24.7 Å². The topological polar surface area (TPSA) is 13.1 Å². The van der Waals surface area contributed by atoms with Crippen molar-refractivity contribution in [2.75, 3.05) is 7.11 Å². The molecule has 3 heteroatoms. The molecule has 0 spiro atoms. The Morgan fingerprint density at radius 1 is 1.54 bits per heavy atom. The fraction of sp³-hybridized carbons (Fsp3) is 0.400. The number of nitrogens with zero attached hydrogens (tertiary/aromatic N) is 1. The average molecular weight is 197 g/mol. The molecule has 0 bridgehead atoms. The lowest BCUT2D eigenvalue weighted by molar-refractivity contribution is -0.624. The smallest absolute Gasteiger partial charge is 0.100 e. The molecular weight excluding hydrogens is 182 g/mol. The van der Waals surface area contributed by atoms with Gasteiger partial charge in [0.05, 0.1) is 13.3 Å². The van der Waals surface area contributed by atoms with E-state index in [1.54, 1.807) is 7.11 Å². The molecule has 1 aromatic rings. The Morgan fingerprint density at radius 3 is 2.77 bits per heavy atom. The van der Waals surface area contributed by atoms with Gasteiger partial charge < -0.3 is 8.75 Å². The van der Waals surface area contributed by atoms with E-state index in [-0.39, 0.29) is 0 Å². The lowest BCUT2D eigenvalue weighted by Crippen LogP contribution is -2.32. The van der Waals surface area contributed by atoms with Crippen LogP contribution in [0.25, 0.3) is 0 Å². The first-order valence-electron chi connectivity index (χ1n) is 4.23. The van der Waals surface area contributed by atoms with Gasteiger partial charge in [-0.2, -0.15) is 0 Å². The van der Waals surface area contributed by atoms with Crippen molar-refractivity contribution < 1.29 is 8.75 Å². The molecule has 0 aliphatic heterocycles. The maximum atomic E-state index is 5.05. The minimum atomic E-state index is 0.455. The van der Waals surface area contributed by atoms with E-state index in [0.717, 1.165) is 4.90 Å². The van der Waals surface area contributed by atoms with Crippen molar-refractivity contribution in [3.05, 3.63) is 31.1 Å². The Labute approximate surface area is 84.1 Å². The number of rotatable bonds is 3. The quantitative estimate of drug-likeness (QED) is 0.419. The molecule has 1 rings (SSSR count). The summed E-state index contributed by atoms with van der Waals surface area (Å²) in [5, 5.41) is 0. The van der Waals surface area contributed by atoms with Crippen molar-refractivity contribution in [2.24, 2.45) is 0 Å². The van der Waals surface area contributed by atoms with Crippen LogP contribution < -0.4 is 4.57 Å². The standard InChI is InChI=1S/C10H15NOS/c1-8(2)10-9(13-12-4)6-5-7-11(10)3/h5-8H,3H2,1-2,4H3. The van der Waals surface area contributed by atoms with E-state index in [2.05, 4.69) is 20.9 Å². The van der Waals surface area contributed by atoms with Gasteiger partial charge in [0.1, 0.15) is 5.69 Å². The van der Waals surface area contributed by atoms with E-state index in [1.165, 1.54) is 17.7 Å². The van der Waals surface area contributed by atoms with Gasteiger partial charge in [-0.05, 0) is 5.92 Å². The summed E-state index contributed by atoms with van der Waals surface area (Å²) in [5.41, 5.74) is 1.20. The maximum Gasteiger partial charge on any atom is 0.100 e. The monoisotopic (exact) mass is 197 g/mol. The third-order valence-corrected chi connectivity index (χ3v) is 2.49. The van der Waals surface area contributed by atoms with Crippen LogP contribution in [0.3, 0.4) is 0 Å². The molecule has 0 amide bonds. The molecule has 0 aromatic carbocycles. The van der Waals surface area contributed by atoms with Crippen molar-refractivity contribution in [3.63, 3.8) is 0 Å². The summed E-state index contributed by atoms with van der Waals surface area (Å²) in [5.74, 6) is 0.455. The van der Waals surface area contributed by atoms with Gasteiger partial charge in [-0.1, -0.05) is 26.0 Å². The molecule has 0 unspecified atom stereocenters. The predicted octanol–water partition coefficient (Wildman–Crippen LogP) is 2.39. The van der Waals surface area contributed by atoms with E-state index in [0.29, 0.717) is 5.92 Å². The number of hydrogen-bond donors (Lipinski definition) is 0. The number of hydrogen-bond acceptors (Lipinski definition) is 2. The Kier molecular flexibility index (Phi) is 3.63. The second-order valence-electron chi connectivity index (χ2n) is 3.13. The largest absolute Gasteiger partial charge is 0.336 e. The van der Waals surface area contributed by atoms with Crippen LogP contribution in [0.1, 0.15) is 25.5 Å². The Morgan fingerprint density at radius 2 is 2.23 bits per heavy atom. The maximum absolute atomic E-state index is 5.05. The molecule has 0 N–H and O–H groups in total. The second kappa shape index (κ2) is 4.53. The van der Waals surface area contributed by atoms with E-state index in [4.69, 9.17) is 4.18 Å². The third kappa shape index (κ3) is 2.39. The molecule has 0 fully saturated rings. The van der Waals surface area contributed by atoms with Crippen LogP contribution in [0.5, 0.6) is 0 Å². The summed E-state index contributed by atoms with van der Waals surface area (Å²) in [4.78, 5) is 1.13. The zero-order chi connectivity index (χ0) is 9.84. The first kappa shape index (κ1) is 10.4. The van der Waals surface area contributed by atoms with Crippen LogP contribution in [0, 0.1) is 7.05 Å². The molecule has 0 radical (unpaired) electrons. The average Bonchev–Trinajstić information content (AvgIpc) is 2.04. The molecule has 0 aliphatic rings. The Hall–Kier alpha value is -0.670. The fourth-order valence-electron chi connectivity index (χ4n) is 1.32. The number of aromatic nitrogens is 1. The number of pyridine rings is 1. The third-order valence-electron chi connectivity index (χ3n) is 1.80. The van der Waals surface area contributed by atoms with Crippen LogP contribution in [-0.2, 0) is 4.18 Å². The van der Waals surface area contributed by atoms with Crippen LogP contribution in [0.4, 0.5) is 0 Å². The summed E-state index contributed by atoms with van der Waals surface area (Å²) in [6.07, 6.45) is 1.95. The van der Waals surface area contributed by atoms with Gasteiger partial charge in [0.25, 0.3) is 0 Å². The van der Waals surface area contributed by atoms with Gasteiger partial charge in [0.2, 0.25) is 0 Å². The lowest BCUT2D eigenvalue weighted by atomic mass is 10.1. The molecule has 13 heavy (non-hydrogen) atoms. The Bertz CT molecular complexity index is 286. The van der Waals surface area contributed by atoms with Crippen LogP contribution in [0.15, 0.2) is 23.2 Å². The minimum Gasteiger partial charge on any atom is -0.336 e. The zero-order valence-corrected chi connectivity index (χ0v) is 9.10. The summed E-state index contributed by atoms with van der Waals surface area (Å²) < 4.78 is 6.94. The highest BCUT2D eigenvalue weighted by Crippen LogP contribution is 2.25. The van der Waals surface area contributed by atoms with Gasteiger partial charge in [-0.15, -0.1) is 0 Å². The molecule has 1 aromatic heterocycles. The van der Waals surface area contributed by atoms with Gasteiger partial charge in [0.15, 0.2) is 0 Å². The lowest BCUT2D eigenvalue weighted by Gasteiger charge is -2.14.